The standard InChI is InChI=1S/C18H25F3N2O/c1-5-15(8-9-22-4)23-17-10-14(12-24-11-13(2)3)6-7-16(17)18(19,20)21/h5-10,13,22-23H,11-12H2,1-4H3/b9-8?,15-5+. The molecule has 2 N–H and O–H groups in total. The summed E-state index contributed by atoms with van der Waals surface area (Å²) in [6, 6.07) is 4.03. The van der Waals surface area contributed by atoms with Crippen molar-refractivity contribution in [3.05, 3.63) is 53.4 Å². The Kier molecular flexibility index (Phi) is 7.85. The number of allylic oxidation sites excluding steroid dienone is 2. The molecule has 0 bridgehead atoms. The third kappa shape index (κ3) is 6.66. The summed E-state index contributed by atoms with van der Waals surface area (Å²) >= 11 is 0. The van der Waals surface area contributed by atoms with Crippen LogP contribution in [0.25, 0.3) is 0 Å². The van der Waals surface area contributed by atoms with Gasteiger partial charge in [0.1, 0.15) is 0 Å². The zero-order valence-electron chi connectivity index (χ0n) is 14.5. The molecule has 0 aliphatic rings. The molecule has 134 valence electrons. The maximum Gasteiger partial charge on any atom is 0.418 e. The van der Waals surface area contributed by atoms with Gasteiger partial charge in [-0.15, -0.1) is 0 Å². The Bertz CT molecular complexity index is 578. The highest BCUT2D eigenvalue weighted by Crippen LogP contribution is 2.36. The van der Waals surface area contributed by atoms with Gasteiger partial charge < -0.3 is 15.4 Å². The molecule has 0 amide bonds. The summed E-state index contributed by atoms with van der Waals surface area (Å²) in [6.07, 6.45) is 0.592. The van der Waals surface area contributed by atoms with Crippen LogP contribution in [-0.4, -0.2) is 13.7 Å². The van der Waals surface area contributed by atoms with Crippen molar-refractivity contribution in [3.63, 3.8) is 0 Å². The van der Waals surface area contributed by atoms with Crippen LogP contribution in [0.2, 0.25) is 0 Å². The lowest BCUT2D eigenvalue weighted by Gasteiger charge is -2.17. The highest BCUT2D eigenvalue weighted by molar-refractivity contribution is 5.59. The number of alkyl halides is 3. The summed E-state index contributed by atoms with van der Waals surface area (Å²) in [6.45, 7) is 6.64. The molecular formula is C18H25F3N2O. The fourth-order valence-corrected chi connectivity index (χ4v) is 1.98. The van der Waals surface area contributed by atoms with E-state index in [-0.39, 0.29) is 12.3 Å². The molecule has 0 saturated heterocycles. The fourth-order valence-electron chi connectivity index (χ4n) is 1.98. The number of benzene rings is 1. The van der Waals surface area contributed by atoms with Crippen molar-refractivity contribution in [3.8, 4) is 0 Å². The van der Waals surface area contributed by atoms with E-state index in [1.807, 2.05) is 13.8 Å². The molecule has 1 rings (SSSR count). The van der Waals surface area contributed by atoms with Crippen LogP contribution in [0.5, 0.6) is 0 Å². The van der Waals surface area contributed by atoms with Gasteiger partial charge in [0.25, 0.3) is 0 Å². The van der Waals surface area contributed by atoms with Crippen LogP contribution >= 0.6 is 0 Å². The normalized spacial score (nSPS) is 12.9. The molecule has 3 nitrogen and oxygen atoms in total. The summed E-state index contributed by atoms with van der Waals surface area (Å²) in [7, 11) is 1.72. The Labute approximate surface area is 141 Å². The third-order valence-corrected chi connectivity index (χ3v) is 3.13. The zero-order chi connectivity index (χ0) is 18.2. The van der Waals surface area contributed by atoms with E-state index >= 15 is 0 Å². The molecule has 0 saturated carbocycles. The van der Waals surface area contributed by atoms with Crippen molar-refractivity contribution in [2.75, 3.05) is 19.0 Å². The molecule has 0 aliphatic carbocycles. The number of hydrogen-bond acceptors (Lipinski definition) is 3. The molecule has 0 aliphatic heterocycles. The topological polar surface area (TPSA) is 33.3 Å². The van der Waals surface area contributed by atoms with E-state index in [4.69, 9.17) is 4.74 Å². The SMILES string of the molecule is C/C=C(\C=CNC)Nc1cc(COCC(C)C)ccc1C(F)(F)F. The van der Waals surface area contributed by atoms with Crippen molar-refractivity contribution in [2.45, 2.75) is 33.6 Å². The van der Waals surface area contributed by atoms with Gasteiger partial charge in [-0.05, 0) is 42.8 Å². The Balaban J connectivity index is 3.05. The Hall–Kier alpha value is -1.95. The van der Waals surface area contributed by atoms with E-state index in [2.05, 4.69) is 10.6 Å². The summed E-state index contributed by atoms with van der Waals surface area (Å²) < 4.78 is 45.2. The molecule has 6 heteroatoms. The smallest absolute Gasteiger partial charge is 0.394 e. The number of rotatable bonds is 8. The molecule has 0 radical (unpaired) electrons. The molecule has 1 aromatic rings. The van der Waals surface area contributed by atoms with Crippen LogP contribution in [0.4, 0.5) is 18.9 Å². The van der Waals surface area contributed by atoms with Gasteiger partial charge >= 0.3 is 6.18 Å². The lowest BCUT2D eigenvalue weighted by molar-refractivity contribution is -0.136. The van der Waals surface area contributed by atoms with Crippen molar-refractivity contribution >= 4 is 5.69 Å². The van der Waals surface area contributed by atoms with Crippen LogP contribution in [0.1, 0.15) is 31.9 Å². The fraction of sp³-hybridized carbons (Fsp3) is 0.444. The Morgan fingerprint density at radius 2 is 2.00 bits per heavy atom. The predicted molar refractivity (Wildman–Crippen MR) is 91.5 cm³/mol. The molecule has 24 heavy (non-hydrogen) atoms. The number of halogens is 3. The van der Waals surface area contributed by atoms with E-state index in [9.17, 15) is 13.2 Å². The number of ether oxygens (including phenoxy) is 1. The minimum atomic E-state index is -4.43. The van der Waals surface area contributed by atoms with Crippen LogP contribution in [0.3, 0.4) is 0 Å². The summed E-state index contributed by atoms with van der Waals surface area (Å²) in [5, 5.41) is 5.65. The van der Waals surface area contributed by atoms with Gasteiger partial charge in [-0.2, -0.15) is 13.2 Å². The highest BCUT2D eigenvalue weighted by atomic mass is 19.4. The Morgan fingerprint density at radius 3 is 2.54 bits per heavy atom. The van der Waals surface area contributed by atoms with E-state index in [1.165, 1.54) is 12.1 Å². The maximum atomic E-state index is 13.2. The van der Waals surface area contributed by atoms with Gasteiger partial charge in [0.15, 0.2) is 0 Å². The Morgan fingerprint density at radius 1 is 1.29 bits per heavy atom. The number of nitrogens with one attached hydrogen (secondary N) is 2. The van der Waals surface area contributed by atoms with Gasteiger partial charge in [0.05, 0.1) is 17.9 Å². The summed E-state index contributed by atoms with van der Waals surface area (Å²) in [4.78, 5) is 0. The summed E-state index contributed by atoms with van der Waals surface area (Å²) in [5.74, 6) is 0.373. The second-order valence-corrected chi connectivity index (χ2v) is 5.78. The zero-order valence-corrected chi connectivity index (χ0v) is 14.5. The second-order valence-electron chi connectivity index (χ2n) is 5.78. The van der Waals surface area contributed by atoms with Gasteiger partial charge in [-0.1, -0.05) is 26.0 Å². The van der Waals surface area contributed by atoms with E-state index < -0.39 is 11.7 Å². The first-order chi connectivity index (χ1) is 11.3. The lowest BCUT2D eigenvalue weighted by atomic mass is 10.1. The van der Waals surface area contributed by atoms with Crippen LogP contribution in [-0.2, 0) is 17.5 Å². The quantitative estimate of drug-likeness (QED) is 0.658. The van der Waals surface area contributed by atoms with Crippen molar-refractivity contribution in [2.24, 2.45) is 5.92 Å². The number of hydrogen-bond donors (Lipinski definition) is 2. The number of anilines is 1. The molecule has 0 heterocycles. The molecule has 0 atom stereocenters. The largest absolute Gasteiger partial charge is 0.418 e. The third-order valence-electron chi connectivity index (χ3n) is 3.13. The minimum absolute atomic E-state index is 0.0157. The van der Waals surface area contributed by atoms with Gasteiger partial charge in [-0.25, -0.2) is 0 Å². The molecule has 0 aromatic heterocycles. The van der Waals surface area contributed by atoms with Crippen LogP contribution < -0.4 is 10.6 Å². The van der Waals surface area contributed by atoms with E-state index in [0.29, 0.717) is 23.8 Å². The van der Waals surface area contributed by atoms with Gasteiger partial charge in [0.2, 0.25) is 0 Å². The molecule has 0 spiro atoms. The second kappa shape index (κ2) is 9.37. The molecule has 0 fully saturated rings. The minimum Gasteiger partial charge on any atom is -0.394 e. The molecule has 1 aromatic carbocycles. The van der Waals surface area contributed by atoms with Crippen molar-refractivity contribution < 1.29 is 17.9 Å². The monoisotopic (exact) mass is 342 g/mol. The van der Waals surface area contributed by atoms with Gasteiger partial charge in [0, 0.05) is 19.4 Å². The predicted octanol–water partition coefficient (Wildman–Crippen LogP) is 4.93. The summed E-state index contributed by atoms with van der Waals surface area (Å²) in [5.41, 5.74) is 0.573. The van der Waals surface area contributed by atoms with Crippen molar-refractivity contribution in [1.82, 2.24) is 5.32 Å². The van der Waals surface area contributed by atoms with E-state index in [0.717, 1.165) is 6.07 Å². The van der Waals surface area contributed by atoms with Crippen molar-refractivity contribution in [1.29, 1.82) is 0 Å². The first-order valence-corrected chi connectivity index (χ1v) is 7.83. The average Bonchev–Trinajstić information content (AvgIpc) is 2.50. The maximum absolute atomic E-state index is 13.2. The first-order valence-electron chi connectivity index (χ1n) is 7.83. The van der Waals surface area contributed by atoms with Crippen LogP contribution in [0.15, 0.2) is 42.2 Å². The highest BCUT2D eigenvalue weighted by Gasteiger charge is 2.33. The van der Waals surface area contributed by atoms with Crippen LogP contribution in [0, 0.1) is 5.92 Å². The lowest BCUT2D eigenvalue weighted by Crippen LogP contribution is -2.11. The van der Waals surface area contributed by atoms with Gasteiger partial charge in [-0.3, -0.25) is 0 Å². The average molecular weight is 342 g/mol. The molecular weight excluding hydrogens is 317 g/mol. The molecule has 0 unspecified atom stereocenters. The first kappa shape index (κ1) is 20.1. The van der Waals surface area contributed by atoms with E-state index in [1.54, 1.807) is 32.3 Å².